The topological polar surface area (TPSA) is 67.2 Å². The molecule has 0 unspecified atom stereocenters. The zero-order chi connectivity index (χ0) is 20.5. The number of rotatable bonds is 9. The summed E-state index contributed by atoms with van der Waals surface area (Å²) in [6.45, 7) is 0. The average molecular weight is 481 g/mol. The number of thioether (sulfide) groups is 3. The number of hydrogen-bond acceptors (Lipinski definition) is 8. The summed E-state index contributed by atoms with van der Waals surface area (Å²) in [6.07, 6.45) is 3.65. The van der Waals surface area contributed by atoms with Gasteiger partial charge < -0.3 is 0 Å². The van der Waals surface area contributed by atoms with Gasteiger partial charge in [-0.15, -0.1) is 22.0 Å². The number of halogens is 1. The van der Waals surface area contributed by atoms with Crippen LogP contribution in [0.3, 0.4) is 0 Å². The predicted molar refractivity (Wildman–Crippen MR) is 126 cm³/mol. The highest BCUT2D eigenvalue weighted by molar-refractivity contribution is 8.03. The van der Waals surface area contributed by atoms with Crippen LogP contribution in [0.15, 0.2) is 67.2 Å². The zero-order valence-electron chi connectivity index (χ0n) is 15.4. The number of hydrogen-bond donors (Lipinski definition) is 1. The molecule has 0 aliphatic rings. The Morgan fingerprint density at radius 2 is 1.86 bits per heavy atom. The maximum absolute atomic E-state index is 11.9. The fraction of sp³-hybridized carbons (Fsp3) is 0.158. The summed E-state index contributed by atoms with van der Waals surface area (Å²) in [6, 6.07) is 15.7. The minimum atomic E-state index is -0.188. The van der Waals surface area contributed by atoms with E-state index >= 15 is 0 Å². The predicted octanol–water partition coefficient (Wildman–Crippen LogP) is 5.45. The lowest BCUT2D eigenvalue weighted by atomic mass is 10.2. The molecule has 29 heavy (non-hydrogen) atoms. The fourth-order valence-corrected chi connectivity index (χ4v) is 5.60. The molecule has 150 valence electrons. The lowest BCUT2D eigenvalue weighted by Gasteiger charge is -2.00. The Morgan fingerprint density at radius 3 is 2.59 bits per heavy atom. The first kappa shape index (κ1) is 22.2. The summed E-state index contributed by atoms with van der Waals surface area (Å²) in [7, 11) is 0. The molecule has 10 heteroatoms. The van der Waals surface area contributed by atoms with E-state index in [9.17, 15) is 4.79 Å². The number of aromatic nitrogens is 2. The Balaban J connectivity index is 1.41. The van der Waals surface area contributed by atoms with Gasteiger partial charge in [-0.25, -0.2) is 5.43 Å². The van der Waals surface area contributed by atoms with Gasteiger partial charge in [0.05, 0.1) is 12.0 Å². The first-order valence-electron chi connectivity index (χ1n) is 8.42. The summed E-state index contributed by atoms with van der Waals surface area (Å²) < 4.78 is 1.60. The number of nitrogens with one attached hydrogen (secondary N) is 1. The van der Waals surface area contributed by atoms with Crippen LogP contribution in [-0.2, 0) is 10.5 Å². The van der Waals surface area contributed by atoms with Crippen molar-refractivity contribution in [1.29, 1.82) is 0 Å². The van der Waals surface area contributed by atoms with E-state index in [1.54, 1.807) is 29.7 Å². The van der Waals surface area contributed by atoms with E-state index in [1.807, 2.05) is 54.8 Å². The number of nitrogens with zero attached hydrogens (tertiary/aromatic N) is 3. The van der Waals surface area contributed by atoms with Crippen LogP contribution in [0.5, 0.6) is 0 Å². The Kier molecular flexibility index (Phi) is 8.88. The average Bonchev–Trinajstić information content (AvgIpc) is 3.20. The van der Waals surface area contributed by atoms with Crippen LogP contribution in [0.4, 0.5) is 0 Å². The van der Waals surface area contributed by atoms with Crippen LogP contribution in [-0.4, -0.2) is 34.3 Å². The number of benzene rings is 2. The molecule has 0 aliphatic carbocycles. The largest absolute Gasteiger partial charge is 0.272 e. The van der Waals surface area contributed by atoms with Crippen LogP contribution in [0.1, 0.15) is 11.1 Å². The third-order valence-corrected chi connectivity index (χ3v) is 7.89. The van der Waals surface area contributed by atoms with E-state index < -0.39 is 0 Å². The summed E-state index contributed by atoms with van der Waals surface area (Å²) >= 11 is 12.2. The minimum absolute atomic E-state index is 0.188. The Hall–Kier alpha value is -1.52. The van der Waals surface area contributed by atoms with E-state index in [-0.39, 0.29) is 11.7 Å². The molecule has 5 nitrogen and oxygen atoms in total. The Bertz CT molecular complexity index is 978. The van der Waals surface area contributed by atoms with Gasteiger partial charge in [0.2, 0.25) is 0 Å². The molecule has 3 rings (SSSR count). The summed E-state index contributed by atoms with van der Waals surface area (Å²) in [5.41, 5.74) is 4.52. The molecule has 3 aromatic rings. The standard InChI is InChI=1S/C19H17ClN4OS4/c1-26-15-8-6-13(7-9-15)10-21-22-17(25)12-28-19-24-23-18(29-19)27-11-14-4-2-3-5-16(14)20/h2-10H,11-12H2,1H3,(H,22,25). The SMILES string of the molecule is CSc1ccc(C=NNC(=O)CSc2nnc(SCc3ccccc3Cl)s2)cc1. The van der Waals surface area contributed by atoms with Crippen molar-refractivity contribution in [3.05, 3.63) is 64.7 Å². The molecule has 1 amide bonds. The number of hydrazone groups is 1. The molecule has 0 fully saturated rings. The molecule has 1 aromatic heterocycles. The van der Waals surface area contributed by atoms with Crippen LogP contribution in [0, 0.1) is 0 Å². The zero-order valence-corrected chi connectivity index (χ0v) is 19.4. The Labute approximate surface area is 191 Å². The van der Waals surface area contributed by atoms with Crippen molar-refractivity contribution < 1.29 is 4.79 Å². The van der Waals surface area contributed by atoms with Crippen LogP contribution < -0.4 is 5.43 Å². The summed E-state index contributed by atoms with van der Waals surface area (Å²) in [4.78, 5) is 13.1. The van der Waals surface area contributed by atoms with Gasteiger partial charge in [-0.1, -0.05) is 76.8 Å². The number of carbonyl (C=O) groups excluding carboxylic acids is 1. The first-order chi connectivity index (χ1) is 14.1. The minimum Gasteiger partial charge on any atom is -0.272 e. The highest BCUT2D eigenvalue weighted by Gasteiger charge is 2.09. The van der Waals surface area contributed by atoms with E-state index in [2.05, 4.69) is 20.7 Å². The van der Waals surface area contributed by atoms with Gasteiger partial charge in [0.15, 0.2) is 8.68 Å². The van der Waals surface area contributed by atoms with Gasteiger partial charge >= 0.3 is 0 Å². The molecule has 0 bridgehead atoms. The third-order valence-electron chi connectivity index (χ3n) is 3.54. The van der Waals surface area contributed by atoms with Crippen LogP contribution >= 0.6 is 58.2 Å². The van der Waals surface area contributed by atoms with E-state index in [1.165, 1.54) is 28.0 Å². The molecule has 1 heterocycles. The van der Waals surface area contributed by atoms with Crippen molar-refractivity contribution in [1.82, 2.24) is 15.6 Å². The number of carbonyl (C=O) groups is 1. The highest BCUT2D eigenvalue weighted by Crippen LogP contribution is 2.32. The molecule has 0 aliphatic heterocycles. The molecule has 0 spiro atoms. The van der Waals surface area contributed by atoms with E-state index in [0.29, 0.717) is 0 Å². The second-order valence-electron chi connectivity index (χ2n) is 5.57. The van der Waals surface area contributed by atoms with E-state index in [0.717, 1.165) is 30.6 Å². The van der Waals surface area contributed by atoms with E-state index in [4.69, 9.17) is 11.6 Å². The lowest BCUT2D eigenvalue weighted by molar-refractivity contribution is -0.118. The highest BCUT2D eigenvalue weighted by atomic mass is 35.5. The van der Waals surface area contributed by atoms with Crippen molar-refractivity contribution >= 4 is 70.3 Å². The molecular weight excluding hydrogens is 464 g/mol. The molecule has 1 N–H and O–H groups in total. The van der Waals surface area contributed by atoms with Gasteiger partial charge in [-0.3, -0.25) is 4.79 Å². The summed E-state index contributed by atoms with van der Waals surface area (Å²) in [5.74, 6) is 0.769. The smallest absolute Gasteiger partial charge is 0.250 e. The normalized spacial score (nSPS) is 11.1. The fourth-order valence-electron chi connectivity index (χ4n) is 2.10. The van der Waals surface area contributed by atoms with Gasteiger partial charge in [0.25, 0.3) is 5.91 Å². The summed E-state index contributed by atoms with van der Waals surface area (Å²) in [5, 5.41) is 13.0. The number of amides is 1. The van der Waals surface area contributed by atoms with Crippen molar-refractivity contribution in [2.45, 2.75) is 19.3 Å². The van der Waals surface area contributed by atoms with Gasteiger partial charge in [0.1, 0.15) is 0 Å². The van der Waals surface area contributed by atoms with Gasteiger partial charge in [-0.2, -0.15) is 5.10 Å². The second-order valence-corrected chi connectivity index (χ2v) is 10.3. The van der Waals surface area contributed by atoms with Crippen molar-refractivity contribution in [2.75, 3.05) is 12.0 Å². The molecule has 0 radical (unpaired) electrons. The third kappa shape index (κ3) is 7.35. The van der Waals surface area contributed by atoms with Gasteiger partial charge in [-0.05, 0) is 35.6 Å². The second kappa shape index (κ2) is 11.6. The molecule has 0 saturated carbocycles. The maximum atomic E-state index is 11.9. The molecule has 2 aromatic carbocycles. The quantitative estimate of drug-likeness (QED) is 0.249. The monoisotopic (exact) mass is 480 g/mol. The van der Waals surface area contributed by atoms with Gasteiger partial charge in [0, 0.05) is 15.7 Å². The molecular formula is C19H17ClN4OS4. The van der Waals surface area contributed by atoms with Crippen LogP contribution in [0.2, 0.25) is 5.02 Å². The first-order valence-corrected chi connectivity index (χ1v) is 12.8. The van der Waals surface area contributed by atoms with Crippen molar-refractivity contribution in [3.8, 4) is 0 Å². The van der Waals surface area contributed by atoms with Crippen LogP contribution in [0.25, 0.3) is 0 Å². The molecule has 0 saturated heterocycles. The van der Waals surface area contributed by atoms with Crippen molar-refractivity contribution in [3.63, 3.8) is 0 Å². The maximum Gasteiger partial charge on any atom is 0.250 e. The lowest BCUT2D eigenvalue weighted by Crippen LogP contribution is -2.19. The molecule has 0 atom stereocenters. The Morgan fingerprint density at radius 1 is 1.14 bits per heavy atom. The van der Waals surface area contributed by atoms with Crippen molar-refractivity contribution in [2.24, 2.45) is 5.10 Å².